The average molecular weight is 441 g/mol. The molecule has 2 heterocycles. The van der Waals surface area contributed by atoms with Crippen LogP contribution < -0.4 is 20.4 Å². The van der Waals surface area contributed by atoms with Crippen molar-refractivity contribution in [2.75, 3.05) is 19.5 Å². The Morgan fingerprint density at radius 1 is 1.19 bits per heavy atom. The molecule has 9 heteroatoms. The summed E-state index contributed by atoms with van der Waals surface area (Å²) in [6.07, 6.45) is 1.44. The molecule has 0 saturated carbocycles. The minimum absolute atomic E-state index is 0.145. The Hall–Kier alpha value is -3.59. The van der Waals surface area contributed by atoms with E-state index in [1.54, 1.807) is 36.4 Å². The largest absolute Gasteiger partial charge is 0.493 e. The third-order valence-corrected chi connectivity index (χ3v) is 6.15. The zero-order chi connectivity index (χ0) is 22.0. The quantitative estimate of drug-likeness (QED) is 0.584. The van der Waals surface area contributed by atoms with Crippen molar-refractivity contribution in [1.82, 2.24) is 5.32 Å². The lowest BCUT2D eigenvalue weighted by atomic mass is 10.1. The summed E-state index contributed by atoms with van der Waals surface area (Å²) in [5.74, 6) is 0.336. The van der Waals surface area contributed by atoms with E-state index in [4.69, 9.17) is 13.9 Å². The van der Waals surface area contributed by atoms with Crippen LogP contribution in [0.15, 0.2) is 69.2 Å². The average Bonchev–Trinajstić information content (AvgIpc) is 3.09. The molecule has 3 aromatic rings. The van der Waals surface area contributed by atoms with Crippen molar-refractivity contribution in [3.8, 4) is 22.6 Å². The molecule has 1 aromatic heterocycles. The number of rotatable bonds is 6. The van der Waals surface area contributed by atoms with Gasteiger partial charge in [0.25, 0.3) is 5.91 Å². The Bertz CT molecular complexity index is 1320. The monoisotopic (exact) mass is 441 g/mol. The number of carbonyl (C=O) groups is 1. The second-order valence-electron chi connectivity index (χ2n) is 6.97. The molecule has 0 fully saturated rings. The number of methoxy groups -OCH3 is 1. The molecule has 1 aliphatic rings. The molecule has 8 nitrogen and oxygen atoms in total. The van der Waals surface area contributed by atoms with Crippen LogP contribution in [-0.2, 0) is 14.6 Å². The van der Waals surface area contributed by atoms with Gasteiger partial charge in [0.15, 0.2) is 27.8 Å². The number of benzene rings is 2. The smallest absolute Gasteiger partial charge is 0.344 e. The zero-order valence-corrected chi connectivity index (χ0v) is 17.3. The van der Waals surface area contributed by atoms with Crippen molar-refractivity contribution < 1.29 is 27.1 Å². The summed E-state index contributed by atoms with van der Waals surface area (Å²) in [5, 5.41) is 4.41. The Morgan fingerprint density at radius 3 is 2.65 bits per heavy atom. The van der Waals surface area contributed by atoms with E-state index in [1.807, 2.05) is 12.1 Å². The van der Waals surface area contributed by atoms with Crippen LogP contribution in [0.3, 0.4) is 0 Å². The fourth-order valence-corrected chi connectivity index (χ4v) is 4.51. The Morgan fingerprint density at radius 2 is 1.97 bits per heavy atom. The number of hydrogen-bond acceptors (Lipinski definition) is 7. The predicted octanol–water partition coefficient (Wildman–Crippen LogP) is 2.27. The van der Waals surface area contributed by atoms with Crippen LogP contribution in [0.1, 0.15) is 0 Å². The number of sulfone groups is 1. The van der Waals surface area contributed by atoms with E-state index < -0.39 is 27.4 Å². The fraction of sp³-hybridized carbons (Fsp3) is 0.182. The molecular weight excluding hydrogens is 422 g/mol. The molecule has 0 bridgehead atoms. The van der Waals surface area contributed by atoms with Gasteiger partial charge in [0.1, 0.15) is 5.75 Å². The molecule has 31 heavy (non-hydrogen) atoms. The Labute approximate surface area is 178 Å². The number of para-hydroxylation sites is 1. The molecule has 160 valence electrons. The summed E-state index contributed by atoms with van der Waals surface area (Å²) in [6.45, 7) is -0.262. The van der Waals surface area contributed by atoms with E-state index in [-0.39, 0.29) is 12.4 Å². The van der Waals surface area contributed by atoms with Crippen molar-refractivity contribution >= 4 is 26.7 Å². The van der Waals surface area contributed by atoms with Gasteiger partial charge in [-0.15, -0.1) is 0 Å². The SMILES string of the molecule is COc1cccc2cc(-c3ccc(OCC(=O)NC4C=CS(=O)(=O)C4)cc3)c(=O)oc12. The van der Waals surface area contributed by atoms with Crippen LogP contribution in [0.4, 0.5) is 0 Å². The van der Waals surface area contributed by atoms with E-state index >= 15 is 0 Å². The van der Waals surface area contributed by atoms with Crippen LogP contribution in [0.2, 0.25) is 0 Å². The maximum absolute atomic E-state index is 12.5. The maximum atomic E-state index is 12.5. The highest BCUT2D eigenvalue weighted by Gasteiger charge is 2.23. The van der Waals surface area contributed by atoms with Crippen molar-refractivity contribution in [1.29, 1.82) is 0 Å². The van der Waals surface area contributed by atoms with Gasteiger partial charge < -0.3 is 19.2 Å². The number of nitrogens with one attached hydrogen (secondary N) is 1. The second-order valence-corrected chi connectivity index (χ2v) is 8.90. The van der Waals surface area contributed by atoms with Gasteiger partial charge in [-0.05, 0) is 35.9 Å². The summed E-state index contributed by atoms with van der Waals surface area (Å²) in [5.41, 5.74) is 0.912. The highest BCUT2D eigenvalue weighted by atomic mass is 32.2. The van der Waals surface area contributed by atoms with Crippen molar-refractivity contribution in [3.05, 3.63) is 70.4 Å². The van der Waals surface area contributed by atoms with E-state index in [2.05, 4.69) is 5.32 Å². The standard InChI is InChI=1S/C22H19NO7S/c1-28-19-4-2-3-15-11-18(22(25)30-21(15)19)14-5-7-17(8-6-14)29-12-20(24)23-16-9-10-31(26,27)13-16/h2-11,16H,12-13H2,1H3,(H,23,24). The lowest BCUT2D eigenvalue weighted by Crippen LogP contribution is -2.38. The van der Waals surface area contributed by atoms with Gasteiger partial charge in [-0.25, -0.2) is 13.2 Å². The molecular formula is C22H19NO7S. The summed E-state index contributed by atoms with van der Waals surface area (Å²) < 4.78 is 38.9. The van der Waals surface area contributed by atoms with Gasteiger partial charge in [-0.3, -0.25) is 4.79 Å². The first-order valence-electron chi connectivity index (χ1n) is 9.39. The molecule has 0 saturated heterocycles. The normalized spacial score (nSPS) is 16.9. The highest BCUT2D eigenvalue weighted by Crippen LogP contribution is 2.28. The number of fused-ring (bicyclic) bond motifs is 1. The number of hydrogen-bond donors (Lipinski definition) is 1. The lowest BCUT2D eigenvalue weighted by Gasteiger charge is -2.11. The minimum Gasteiger partial charge on any atom is -0.493 e. The van der Waals surface area contributed by atoms with Gasteiger partial charge >= 0.3 is 5.63 Å². The van der Waals surface area contributed by atoms with Gasteiger partial charge in [0.05, 0.1) is 24.5 Å². The van der Waals surface area contributed by atoms with E-state index in [0.29, 0.717) is 28.2 Å². The lowest BCUT2D eigenvalue weighted by molar-refractivity contribution is -0.123. The summed E-state index contributed by atoms with van der Waals surface area (Å²) in [6, 6.07) is 13.2. The van der Waals surface area contributed by atoms with Crippen molar-refractivity contribution in [2.24, 2.45) is 0 Å². The molecule has 1 unspecified atom stereocenters. The van der Waals surface area contributed by atoms with E-state index in [1.165, 1.54) is 13.2 Å². The van der Waals surface area contributed by atoms with Crippen LogP contribution >= 0.6 is 0 Å². The third-order valence-electron chi connectivity index (χ3n) is 4.76. The van der Waals surface area contributed by atoms with Crippen molar-refractivity contribution in [2.45, 2.75) is 6.04 Å². The summed E-state index contributed by atoms with van der Waals surface area (Å²) in [7, 11) is -1.73. The molecule has 0 radical (unpaired) electrons. The van der Waals surface area contributed by atoms with Crippen LogP contribution in [0, 0.1) is 0 Å². The van der Waals surface area contributed by atoms with E-state index in [0.717, 1.165) is 10.8 Å². The van der Waals surface area contributed by atoms with Gasteiger partial charge in [0.2, 0.25) is 0 Å². The van der Waals surface area contributed by atoms with E-state index in [9.17, 15) is 18.0 Å². The molecule has 1 N–H and O–H groups in total. The van der Waals surface area contributed by atoms with Gasteiger partial charge in [-0.1, -0.05) is 24.3 Å². The molecule has 1 atom stereocenters. The molecule has 4 rings (SSSR count). The third kappa shape index (κ3) is 4.61. The summed E-state index contributed by atoms with van der Waals surface area (Å²) in [4.78, 5) is 24.4. The first-order valence-corrected chi connectivity index (χ1v) is 11.1. The first-order chi connectivity index (χ1) is 14.8. The maximum Gasteiger partial charge on any atom is 0.344 e. The molecule has 1 aliphatic heterocycles. The highest BCUT2D eigenvalue weighted by molar-refractivity contribution is 7.94. The van der Waals surface area contributed by atoms with Crippen LogP contribution in [-0.4, -0.2) is 39.8 Å². The van der Waals surface area contributed by atoms with Crippen molar-refractivity contribution in [3.63, 3.8) is 0 Å². The van der Waals surface area contributed by atoms with Gasteiger partial charge in [0, 0.05) is 10.8 Å². The molecule has 0 spiro atoms. The second kappa shape index (κ2) is 8.27. The van der Waals surface area contributed by atoms with Crippen LogP contribution in [0.25, 0.3) is 22.1 Å². The zero-order valence-electron chi connectivity index (χ0n) is 16.5. The summed E-state index contributed by atoms with van der Waals surface area (Å²) >= 11 is 0. The Balaban J connectivity index is 1.44. The molecule has 2 aromatic carbocycles. The minimum atomic E-state index is -3.24. The molecule has 0 aliphatic carbocycles. The first kappa shape index (κ1) is 20.7. The number of amides is 1. The number of ether oxygens (including phenoxy) is 2. The fourth-order valence-electron chi connectivity index (χ4n) is 3.27. The van der Waals surface area contributed by atoms with Gasteiger partial charge in [-0.2, -0.15) is 0 Å². The topological polar surface area (TPSA) is 112 Å². The van der Waals surface area contributed by atoms with Crippen LogP contribution in [0.5, 0.6) is 11.5 Å². The number of carbonyl (C=O) groups excluding carboxylic acids is 1. The predicted molar refractivity (Wildman–Crippen MR) is 115 cm³/mol. The Kier molecular flexibility index (Phi) is 5.51. The molecule has 1 amide bonds.